The lowest BCUT2D eigenvalue weighted by atomic mass is 9.92. The van der Waals surface area contributed by atoms with E-state index < -0.39 is 9.84 Å². The first kappa shape index (κ1) is 16.9. The minimum Gasteiger partial charge on any atom is -0.337 e. The van der Waals surface area contributed by atoms with Crippen molar-refractivity contribution in [2.75, 3.05) is 19.3 Å². The van der Waals surface area contributed by atoms with Crippen LogP contribution in [0.25, 0.3) is 5.52 Å². The number of pyridine rings is 1. The third-order valence-corrected chi connectivity index (χ3v) is 5.49. The van der Waals surface area contributed by atoms with Crippen LogP contribution in [-0.4, -0.2) is 54.0 Å². The number of aromatic nitrogens is 2. The van der Waals surface area contributed by atoms with Gasteiger partial charge in [0.2, 0.25) is 15.0 Å². The summed E-state index contributed by atoms with van der Waals surface area (Å²) in [5.74, 6) is 0.0184. The molecule has 0 radical (unpaired) electrons. The molecule has 3 heterocycles. The Morgan fingerprint density at radius 1 is 1.42 bits per heavy atom. The SMILES string of the molecule is CC(N)C1CCCN(C(=O)c2nc(S(C)(=O)=O)n3ccccc23)C1. The van der Waals surface area contributed by atoms with Crippen LogP contribution in [0.3, 0.4) is 0 Å². The van der Waals surface area contributed by atoms with Gasteiger partial charge in [-0.3, -0.25) is 9.20 Å². The van der Waals surface area contributed by atoms with Crippen LogP contribution in [0, 0.1) is 5.92 Å². The van der Waals surface area contributed by atoms with Crippen molar-refractivity contribution in [3.8, 4) is 0 Å². The van der Waals surface area contributed by atoms with E-state index in [0.29, 0.717) is 18.6 Å². The lowest BCUT2D eigenvalue weighted by Gasteiger charge is -2.34. The number of likely N-dealkylation sites (tertiary alicyclic amines) is 1. The van der Waals surface area contributed by atoms with Crippen molar-refractivity contribution in [2.24, 2.45) is 11.7 Å². The van der Waals surface area contributed by atoms with Crippen LogP contribution >= 0.6 is 0 Å². The predicted molar refractivity (Wildman–Crippen MR) is 90.6 cm³/mol. The second kappa shape index (κ2) is 6.18. The van der Waals surface area contributed by atoms with Crippen molar-refractivity contribution in [1.29, 1.82) is 0 Å². The van der Waals surface area contributed by atoms with Crippen molar-refractivity contribution in [3.05, 3.63) is 30.1 Å². The Morgan fingerprint density at radius 2 is 2.17 bits per heavy atom. The standard InChI is InChI=1S/C16H22N4O3S/c1-11(17)12-6-5-8-19(10-12)15(21)14-13-7-3-4-9-20(13)16(18-14)24(2,22)23/h3-4,7,9,11-12H,5-6,8,10,17H2,1-2H3. The second-order valence-electron chi connectivity index (χ2n) is 6.48. The summed E-state index contributed by atoms with van der Waals surface area (Å²) in [4.78, 5) is 18.8. The Labute approximate surface area is 141 Å². The summed E-state index contributed by atoms with van der Waals surface area (Å²) in [6.45, 7) is 3.17. The molecule has 1 aliphatic heterocycles. The van der Waals surface area contributed by atoms with Crippen LogP contribution in [0.5, 0.6) is 0 Å². The number of fused-ring (bicyclic) bond motifs is 1. The van der Waals surface area contributed by atoms with E-state index in [4.69, 9.17) is 5.73 Å². The molecule has 1 saturated heterocycles. The molecular weight excluding hydrogens is 328 g/mol. The maximum Gasteiger partial charge on any atom is 0.274 e. The predicted octanol–water partition coefficient (Wildman–Crippen LogP) is 0.937. The molecule has 0 bridgehead atoms. The van der Waals surface area contributed by atoms with E-state index in [-0.39, 0.29) is 28.7 Å². The number of sulfone groups is 1. The zero-order valence-electron chi connectivity index (χ0n) is 13.8. The highest BCUT2D eigenvalue weighted by Crippen LogP contribution is 2.23. The molecule has 0 aliphatic carbocycles. The van der Waals surface area contributed by atoms with Crippen molar-refractivity contribution >= 4 is 21.3 Å². The van der Waals surface area contributed by atoms with Crippen molar-refractivity contribution in [2.45, 2.75) is 31.0 Å². The zero-order chi connectivity index (χ0) is 17.5. The Kier molecular flexibility index (Phi) is 4.35. The van der Waals surface area contributed by atoms with Crippen LogP contribution in [-0.2, 0) is 9.84 Å². The molecule has 3 rings (SSSR count). The first-order valence-electron chi connectivity index (χ1n) is 8.01. The zero-order valence-corrected chi connectivity index (χ0v) is 14.7. The van der Waals surface area contributed by atoms with E-state index in [0.717, 1.165) is 19.1 Å². The molecule has 0 aromatic carbocycles. The Bertz CT molecular complexity index is 873. The highest BCUT2D eigenvalue weighted by molar-refractivity contribution is 7.90. The summed E-state index contributed by atoms with van der Waals surface area (Å²) in [6.07, 6.45) is 4.59. The summed E-state index contributed by atoms with van der Waals surface area (Å²) in [6, 6.07) is 5.21. The van der Waals surface area contributed by atoms with Crippen molar-refractivity contribution in [3.63, 3.8) is 0 Å². The molecule has 8 heteroatoms. The number of hydrogen-bond acceptors (Lipinski definition) is 5. The molecular formula is C16H22N4O3S. The lowest BCUT2D eigenvalue weighted by molar-refractivity contribution is 0.0657. The number of nitrogens with two attached hydrogens (primary N) is 1. The van der Waals surface area contributed by atoms with Crippen LogP contribution in [0.15, 0.2) is 29.6 Å². The van der Waals surface area contributed by atoms with Gasteiger partial charge in [-0.15, -0.1) is 0 Å². The van der Waals surface area contributed by atoms with E-state index in [1.165, 1.54) is 4.40 Å². The maximum absolute atomic E-state index is 12.9. The average molecular weight is 350 g/mol. The van der Waals surface area contributed by atoms with Gasteiger partial charge < -0.3 is 10.6 Å². The average Bonchev–Trinajstić information content (AvgIpc) is 2.94. The number of piperidine rings is 1. The monoisotopic (exact) mass is 350 g/mol. The van der Waals surface area contributed by atoms with Gasteiger partial charge in [-0.1, -0.05) is 6.07 Å². The van der Waals surface area contributed by atoms with Crippen LogP contribution < -0.4 is 5.73 Å². The summed E-state index contributed by atoms with van der Waals surface area (Å²) in [5.41, 5.74) is 6.67. The molecule has 2 N–H and O–H groups in total. The minimum atomic E-state index is -3.54. The van der Waals surface area contributed by atoms with Gasteiger partial charge in [-0.25, -0.2) is 13.4 Å². The normalized spacial score (nSPS) is 20.3. The Hall–Kier alpha value is -1.93. The highest BCUT2D eigenvalue weighted by atomic mass is 32.2. The van der Waals surface area contributed by atoms with Crippen LogP contribution in [0.4, 0.5) is 0 Å². The van der Waals surface area contributed by atoms with E-state index in [1.807, 2.05) is 6.92 Å². The fraction of sp³-hybridized carbons (Fsp3) is 0.500. The fourth-order valence-corrected chi connectivity index (χ4v) is 3.98. The number of carbonyl (C=O) groups excluding carboxylic acids is 1. The largest absolute Gasteiger partial charge is 0.337 e. The van der Waals surface area contributed by atoms with Gasteiger partial charge in [0.05, 0.1) is 5.52 Å². The van der Waals surface area contributed by atoms with E-state index in [1.54, 1.807) is 29.3 Å². The first-order chi connectivity index (χ1) is 11.3. The van der Waals surface area contributed by atoms with Gasteiger partial charge in [-0.2, -0.15) is 0 Å². The molecule has 7 nitrogen and oxygen atoms in total. The van der Waals surface area contributed by atoms with Crippen molar-refractivity contribution in [1.82, 2.24) is 14.3 Å². The number of amides is 1. The number of hydrogen-bond donors (Lipinski definition) is 1. The third kappa shape index (κ3) is 3.03. The lowest BCUT2D eigenvalue weighted by Crippen LogP contribution is -2.45. The van der Waals surface area contributed by atoms with Gasteiger partial charge in [0.1, 0.15) is 0 Å². The smallest absolute Gasteiger partial charge is 0.274 e. The summed E-state index contributed by atoms with van der Waals surface area (Å²) in [7, 11) is -3.54. The second-order valence-corrected chi connectivity index (χ2v) is 8.39. The number of nitrogens with zero attached hydrogens (tertiary/aromatic N) is 3. The summed E-state index contributed by atoms with van der Waals surface area (Å²) in [5, 5.41) is -0.109. The molecule has 24 heavy (non-hydrogen) atoms. The van der Waals surface area contributed by atoms with Crippen molar-refractivity contribution < 1.29 is 13.2 Å². The minimum absolute atomic E-state index is 0.0194. The molecule has 2 atom stereocenters. The molecule has 2 aromatic rings. The molecule has 0 saturated carbocycles. The van der Waals surface area contributed by atoms with E-state index in [9.17, 15) is 13.2 Å². The quantitative estimate of drug-likeness (QED) is 0.888. The third-order valence-electron chi connectivity index (χ3n) is 4.54. The number of carbonyl (C=O) groups is 1. The van der Waals surface area contributed by atoms with Gasteiger partial charge in [0.15, 0.2) is 5.69 Å². The molecule has 1 amide bonds. The maximum atomic E-state index is 12.9. The topological polar surface area (TPSA) is 97.8 Å². The molecule has 0 spiro atoms. The number of rotatable bonds is 3. The molecule has 1 aliphatic rings. The molecule has 2 aromatic heterocycles. The van der Waals surface area contributed by atoms with Crippen LogP contribution in [0.2, 0.25) is 0 Å². The Balaban J connectivity index is 2.02. The van der Waals surface area contributed by atoms with E-state index >= 15 is 0 Å². The fourth-order valence-electron chi connectivity index (χ4n) is 3.20. The Morgan fingerprint density at radius 3 is 2.83 bits per heavy atom. The van der Waals surface area contributed by atoms with E-state index in [2.05, 4.69) is 4.98 Å². The molecule has 130 valence electrons. The highest BCUT2D eigenvalue weighted by Gasteiger charge is 2.30. The molecule has 2 unspecified atom stereocenters. The van der Waals surface area contributed by atoms with Gasteiger partial charge in [-0.05, 0) is 37.8 Å². The number of imidazole rings is 1. The summed E-state index contributed by atoms with van der Waals surface area (Å²) < 4.78 is 25.4. The summed E-state index contributed by atoms with van der Waals surface area (Å²) >= 11 is 0. The first-order valence-corrected chi connectivity index (χ1v) is 9.90. The van der Waals surface area contributed by atoms with Crippen LogP contribution in [0.1, 0.15) is 30.3 Å². The van der Waals surface area contributed by atoms with Gasteiger partial charge >= 0.3 is 0 Å². The van der Waals surface area contributed by atoms with Gasteiger partial charge in [0, 0.05) is 31.6 Å². The van der Waals surface area contributed by atoms with Gasteiger partial charge in [0.25, 0.3) is 5.91 Å². The molecule has 1 fully saturated rings.